The van der Waals surface area contributed by atoms with Crippen LogP contribution in [0.25, 0.3) is 31.6 Å². The summed E-state index contributed by atoms with van der Waals surface area (Å²) in [5.74, 6) is -0.146. The Morgan fingerprint density at radius 2 is 2.00 bits per heavy atom. The largest absolute Gasteiger partial charge is 0.506 e. The molecule has 3 N–H and O–H groups in total. The van der Waals surface area contributed by atoms with E-state index in [0.29, 0.717) is 16.6 Å². The zero-order valence-corrected chi connectivity index (χ0v) is 15.0. The molecule has 1 aromatic carbocycles. The van der Waals surface area contributed by atoms with Crippen LogP contribution in [-0.2, 0) is 0 Å². The highest BCUT2D eigenvalue weighted by molar-refractivity contribution is 7.22. The van der Waals surface area contributed by atoms with Gasteiger partial charge in [-0.25, -0.2) is 9.78 Å². The van der Waals surface area contributed by atoms with Crippen molar-refractivity contribution in [3.63, 3.8) is 0 Å². The van der Waals surface area contributed by atoms with Crippen molar-refractivity contribution in [3.05, 3.63) is 51.0 Å². The molecular weight excluding hydrogens is 360 g/mol. The summed E-state index contributed by atoms with van der Waals surface area (Å²) in [5.41, 5.74) is 9.24. The van der Waals surface area contributed by atoms with Gasteiger partial charge in [0.1, 0.15) is 16.2 Å². The molecule has 4 rings (SSSR count). The fraction of sp³-hybridized carbons (Fsp3) is 0.111. The Labute approximate surface area is 151 Å². The van der Waals surface area contributed by atoms with Crippen LogP contribution < -0.4 is 11.4 Å². The van der Waals surface area contributed by atoms with Gasteiger partial charge in [-0.2, -0.15) is 0 Å². The molecule has 0 saturated carbocycles. The van der Waals surface area contributed by atoms with Gasteiger partial charge in [0.2, 0.25) is 0 Å². The van der Waals surface area contributed by atoms with E-state index in [0.717, 1.165) is 26.4 Å². The second-order valence-electron chi connectivity index (χ2n) is 5.88. The van der Waals surface area contributed by atoms with Gasteiger partial charge in [0.25, 0.3) is 0 Å². The number of aryl methyl sites for hydroxylation is 2. The van der Waals surface area contributed by atoms with Gasteiger partial charge >= 0.3 is 5.63 Å². The van der Waals surface area contributed by atoms with Gasteiger partial charge < -0.3 is 15.3 Å². The number of hydrogen-bond acceptors (Lipinski definition) is 6. The fourth-order valence-corrected chi connectivity index (χ4v) is 4.44. The molecule has 0 aliphatic carbocycles. The van der Waals surface area contributed by atoms with Gasteiger partial charge in [-0.1, -0.05) is 11.6 Å². The number of halogens is 1. The first kappa shape index (κ1) is 15.9. The number of nitrogens with two attached hydrogens (primary N) is 1. The van der Waals surface area contributed by atoms with Crippen molar-refractivity contribution in [3.8, 4) is 16.2 Å². The van der Waals surface area contributed by atoms with Crippen LogP contribution in [0, 0.1) is 13.8 Å². The van der Waals surface area contributed by atoms with Crippen molar-refractivity contribution < 1.29 is 9.52 Å². The molecule has 0 bridgehead atoms. The van der Waals surface area contributed by atoms with Crippen molar-refractivity contribution in [2.75, 3.05) is 5.73 Å². The van der Waals surface area contributed by atoms with Gasteiger partial charge in [-0.05, 0) is 31.5 Å². The Hall–Kier alpha value is -2.57. The predicted octanol–water partition coefficient (Wildman–Crippen LogP) is 4.63. The zero-order chi connectivity index (χ0) is 17.9. The number of fused-ring (bicyclic) bond motifs is 2. The molecule has 0 radical (unpaired) electrons. The molecule has 4 aromatic rings. The summed E-state index contributed by atoms with van der Waals surface area (Å²) in [4.78, 5) is 18.1. The lowest BCUT2D eigenvalue weighted by molar-refractivity contribution is 0.473. The molecule has 0 aliphatic heterocycles. The number of nitrogen functional groups attached to an aromatic ring is 1. The molecule has 0 spiro atoms. The van der Waals surface area contributed by atoms with Crippen LogP contribution >= 0.6 is 22.9 Å². The maximum absolute atomic E-state index is 12.0. The molecule has 0 unspecified atom stereocenters. The second-order valence-corrected chi connectivity index (χ2v) is 7.29. The summed E-state index contributed by atoms with van der Waals surface area (Å²) in [5, 5.41) is 11.4. The van der Waals surface area contributed by atoms with Crippen LogP contribution in [0.2, 0.25) is 5.02 Å². The molecule has 0 saturated heterocycles. The Bertz CT molecular complexity index is 1230. The number of pyridine rings is 1. The molecule has 3 heterocycles. The van der Waals surface area contributed by atoms with Crippen LogP contribution in [0.5, 0.6) is 5.75 Å². The average Bonchev–Trinajstić information content (AvgIpc) is 2.85. The molecule has 25 heavy (non-hydrogen) atoms. The first-order valence-electron chi connectivity index (χ1n) is 7.48. The number of aromatic hydroxyl groups is 1. The lowest BCUT2D eigenvalue weighted by Crippen LogP contribution is -1.98. The summed E-state index contributed by atoms with van der Waals surface area (Å²) >= 11 is 7.46. The monoisotopic (exact) mass is 372 g/mol. The standard InChI is InChI=1S/C18H13ClN2O3S/c1-7-3-8(2)21-18-15(7)16(20)17(25-18)10-5-14(23)24-13-6-12(22)11(19)4-9(10)13/h3-6,22H,20H2,1-2H3. The van der Waals surface area contributed by atoms with E-state index in [1.165, 1.54) is 23.5 Å². The van der Waals surface area contributed by atoms with Crippen LogP contribution in [0.1, 0.15) is 11.3 Å². The number of anilines is 1. The molecule has 0 atom stereocenters. The van der Waals surface area contributed by atoms with Crippen LogP contribution in [0.15, 0.2) is 33.5 Å². The lowest BCUT2D eigenvalue weighted by atomic mass is 10.1. The minimum absolute atomic E-state index is 0.146. The van der Waals surface area contributed by atoms with Crippen LogP contribution in [0.4, 0.5) is 5.69 Å². The van der Waals surface area contributed by atoms with Crippen LogP contribution in [-0.4, -0.2) is 10.1 Å². The Morgan fingerprint density at radius 1 is 1.24 bits per heavy atom. The molecule has 7 heteroatoms. The quantitative estimate of drug-likeness (QED) is 0.475. The number of phenolic OH excluding ortho intramolecular Hbond substituents is 1. The summed E-state index contributed by atoms with van der Waals surface area (Å²) in [6.45, 7) is 3.91. The lowest BCUT2D eigenvalue weighted by Gasteiger charge is -2.06. The smallest absolute Gasteiger partial charge is 0.336 e. The van der Waals surface area contributed by atoms with Crippen molar-refractivity contribution >= 4 is 49.8 Å². The third kappa shape index (κ3) is 2.45. The summed E-state index contributed by atoms with van der Waals surface area (Å²) in [7, 11) is 0. The first-order valence-corrected chi connectivity index (χ1v) is 8.67. The van der Waals surface area contributed by atoms with Gasteiger partial charge in [-0.3, -0.25) is 0 Å². The topological polar surface area (TPSA) is 89.4 Å². The van der Waals surface area contributed by atoms with E-state index in [4.69, 9.17) is 21.8 Å². The van der Waals surface area contributed by atoms with Crippen molar-refractivity contribution in [1.29, 1.82) is 0 Å². The van der Waals surface area contributed by atoms with Crippen molar-refractivity contribution in [1.82, 2.24) is 4.98 Å². The second kappa shape index (κ2) is 5.47. The predicted molar refractivity (Wildman–Crippen MR) is 102 cm³/mol. The van der Waals surface area contributed by atoms with E-state index in [1.807, 2.05) is 19.9 Å². The maximum Gasteiger partial charge on any atom is 0.336 e. The zero-order valence-electron chi connectivity index (χ0n) is 13.4. The Kier molecular flexibility index (Phi) is 3.49. The van der Waals surface area contributed by atoms with Gasteiger partial charge in [-0.15, -0.1) is 11.3 Å². The molecule has 3 aromatic heterocycles. The van der Waals surface area contributed by atoms with Crippen molar-refractivity contribution in [2.24, 2.45) is 0 Å². The summed E-state index contributed by atoms with van der Waals surface area (Å²) in [6.07, 6.45) is 0. The molecule has 5 nitrogen and oxygen atoms in total. The minimum Gasteiger partial charge on any atom is -0.506 e. The normalized spacial score (nSPS) is 11.5. The molecule has 0 amide bonds. The van der Waals surface area contributed by atoms with E-state index in [9.17, 15) is 9.90 Å². The van der Waals surface area contributed by atoms with Crippen LogP contribution in [0.3, 0.4) is 0 Å². The first-order chi connectivity index (χ1) is 11.8. The Balaban J connectivity index is 2.13. The Morgan fingerprint density at radius 3 is 2.76 bits per heavy atom. The van der Waals surface area contributed by atoms with Crippen molar-refractivity contribution in [2.45, 2.75) is 13.8 Å². The molecular formula is C18H13ClN2O3S. The van der Waals surface area contributed by atoms with E-state index in [1.54, 1.807) is 6.07 Å². The van der Waals surface area contributed by atoms with Gasteiger partial charge in [0, 0.05) is 34.2 Å². The number of aromatic nitrogens is 1. The number of rotatable bonds is 1. The molecule has 0 fully saturated rings. The van der Waals surface area contributed by atoms with E-state index >= 15 is 0 Å². The van der Waals surface area contributed by atoms with E-state index in [2.05, 4.69) is 4.98 Å². The summed E-state index contributed by atoms with van der Waals surface area (Å²) in [6, 6.07) is 6.26. The third-order valence-corrected chi connectivity index (χ3v) is 5.52. The highest BCUT2D eigenvalue weighted by Crippen LogP contribution is 2.44. The molecule has 0 aliphatic rings. The number of benzene rings is 1. The fourth-order valence-electron chi connectivity index (χ4n) is 3.03. The number of hydrogen-bond donors (Lipinski definition) is 2. The average molecular weight is 373 g/mol. The third-order valence-electron chi connectivity index (χ3n) is 4.08. The van der Waals surface area contributed by atoms with Gasteiger partial charge in [0.15, 0.2) is 0 Å². The number of phenols is 1. The number of thiophene rings is 1. The van der Waals surface area contributed by atoms with Gasteiger partial charge in [0.05, 0.1) is 15.6 Å². The highest BCUT2D eigenvalue weighted by atomic mass is 35.5. The summed E-state index contributed by atoms with van der Waals surface area (Å²) < 4.78 is 5.19. The minimum atomic E-state index is -0.526. The van der Waals surface area contributed by atoms with E-state index in [-0.39, 0.29) is 16.4 Å². The maximum atomic E-state index is 12.0. The molecule has 126 valence electrons. The SMILES string of the molecule is Cc1cc(C)c2c(N)c(-c3cc(=O)oc4cc(O)c(Cl)cc34)sc2n1. The highest BCUT2D eigenvalue weighted by Gasteiger charge is 2.19. The van der Waals surface area contributed by atoms with E-state index < -0.39 is 5.63 Å². The number of nitrogens with zero attached hydrogens (tertiary/aromatic N) is 1.